The summed E-state index contributed by atoms with van der Waals surface area (Å²) < 4.78 is 0. The lowest BCUT2D eigenvalue weighted by Crippen LogP contribution is -2.04. The van der Waals surface area contributed by atoms with Crippen LogP contribution in [-0.2, 0) is 0 Å². The van der Waals surface area contributed by atoms with E-state index in [1.54, 1.807) is 23.7 Å². The average Bonchev–Trinajstić information content (AvgIpc) is 2.73. The van der Waals surface area contributed by atoms with Gasteiger partial charge >= 0.3 is 0 Å². The predicted octanol–water partition coefficient (Wildman–Crippen LogP) is 2.97. The van der Waals surface area contributed by atoms with Crippen LogP contribution in [0.5, 0.6) is 0 Å². The van der Waals surface area contributed by atoms with Crippen LogP contribution in [0.2, 0.25) is 0 Å². The minimum Gasteiger partial charge on any atom is -0.330 e. The lowest BCUT2D eigenvalue weighted by atomic mass is 10.0. The molecule has 1 atom stereocenters. The van der Waals surface area contributed by atoms with Gasteiger partial charge in [0.05, 0.1) is 10.7 Å². The SMILES string of the molecule is Cc1nc(-c2ccncc2)c(C(C)CCN)s1. The third kappa shape index (κ3) is 2.70. The van der Waals surface area contributed by atoms with E-state index in [1.165, 1.54) is 4.88 Å². The number of nitrogens with zero attached hydrogens (tertiary/aromatic N) is 2. The molecule has 0 saturated heterocycles. The second kappa shape index (κ2) is 5.38. The molecule has 0 bridgehead atoms. The van der Waals surface area contributed by atoms with Crippen LogP contribution in [-0.4, -0.2) is 16.5 Å². The molecular formula is C13H17N3S. The molecule has 0 spiro atoms. The van der Waals surface area contributed by atoms with Crippen LogP contribution in [0, 0.1) is 6.92 Å². The van der Waals surface area contributed by atoms with Crippen molar-refractivity contribution >= 4 is 11.3 Å². The first-order chi connectivity index (χ1) is 8.22. The van der Waals surface area contributed by atoms with Gasteiger partial charge in [-0.2, -0.15) is 0 Å². The van der Waals surface area contributed by atoms with Crippen molar-refractivity contribution in [3.63, 3.8) is 0 Å². The Kier molecular flexibility index (Phi) is 3.86. The van der Waals surface area contributed by atoms with E-state index in [0.29, 0.717) is 12.5 Å². The number of nitrogens with two attached hydrogens (primary N) is 1. The van der Waals surface area contributed by atoms with Crippen molar-refractivity contribution in [1.82, 2.24) is 9.97 Å². The number of aromatic nitrogens is 2. The molecule has 0 aliphatic rings. The van der Waals surface area contributed by atoms with Crippen LogP contribution >= 0.6 is 11.3 Å². The topological polar surface area (TPSA) is 51.8 Å². The van der Waals surface area contributed by atoms with Gasteiger partial charge < -0.3 is 5.73 Å². The van der Waals surface area contributed by atoms with Crippen molar-refractivity contribution in [3.05, 3.63) is 34.4 Å². The molecule has 0 fully saturated rings. The summed E-state index contributed by atoms with van der Waals surface area (Å²) in [6.07, 6.45) is 4.61. The fourth-order valence-corrected chi connectivity index (χ4v) is 2.91. The minimum atomic E-state index is 0.467. The molecule has 0 radical (unpaired) electrons. The van der Waals surface area contributed by atoms with Crippen LogP contribution in [0.4, 0.5) is 0 Å². The average molecular weight is 247 g/mol. The van der Waals surface area contributed by atoms with Crippen molar-refractivity contribution in [2.45, 2.75) is 26.2 Å². The van der Waals surface area contributed by atoms with Gasteiger partial charge in [-0.3, -0.25) is 4.98 Å². The molecule has 0 saturated carbocycles. The van der Waals surface area contributed by atoms with Crippen LogP contribution in [0.3, 0.4) is 0 Å². The van der Waals surface area contributed by atoms with E-state index in [4.69, 9.17) is 5.73 Å². The third-order valence-corrected chi connectivity index (χ3v) is 3.96. The maximum Gasteiger partial charge on any atom is 0.0904 e. The van der Waals surface area contributed by atoms with E-state index in [2.05, 4.69) is 16.9 Å². The Bertz CT molecular complexity index is 479. The zero-order chi connectivity index (χ0) is 12.3. The molecule has 17 heavy (non-hydrogen) atoms. The van der Waals surface area contributed by atoms with E-state index in [-0.39, 0.29) is 0 Å². The Balaban J connectivity index is 2.40. The van der Waals surface area contributed by atoms with Gasteiger partial charge in [0.2, 0.25) is 0 Å². The number of hydrogen-bond acceptors (Lipinski definition) is 4. The number of rotatable bonds is 4. The molecule has 4 heteroatoms. The highest BCUT2D eigenvalue weighted by molar-refractivity contribution is 7.12. The Morgan fingerprint density at radius 1 is 1.35 bits per heavy atom. The van der Waals surface area contributed by atoms with E-state index in [1.807, 2.05) is 19.1 Å². The zero-order valence-electron chi connectivity index (χ0n) is 10.2. The van der Waals surface area contributed by atoms with Crippen molar-refractivity contribution in [2.75, 3.05) is 6.54 Å². The first-order valence-corrected chi connectivity index (χ1v) is 6.61. The highest BCUT2D eigenvalue weighted by Gasteiger charge is 2.16. The number of pyridine rings is 1. The van der Waals surface area contributed by atoms with Crippen LogP contribution < -0.4 is 5.73 Å². The Morgan fingerprint density at radius 3 is 2.71 bits per heavy atom. The second-order valence-corrected chi connectivity index (χ2v) is 5.39. The molecule has 0 aromatic carbocycles. The van der Waals surface area contributed by atoms with Gasteiger partial charge in [-0.25, -0.2) is 4.98 Å². The zero-order valence-corrected chi connectivity index (χ0v) is 11.0. The molecule has 0 aliphatic carbocycles. The molecule has 2 rings (SSSR count). The van der Waals surface area contributed by atoms with Gasteiger partial charge in [-0.15, -0.1) is 11.3 Å². The molecule has 3 nitrogen and oxygen atoms in total. The van der Waals surface area contributed by atoms with Crippen LogP contribution in [0.15, 0.2) is 24.5 Å². The maximum atomic E-state index is 5.64. The van der Waals surface area contributed by atoms with Crippen molar-refractivity contribution in [1.29, 1.82) is 0 Å². The molecule has 2 heterocycles. The standard InChI is InChI=1S/C13H17N3S/c1-9(3-6-14)13-12(16-10(2)17-13)11-4-7-15-8-5-11/h4-5,7-9H,3,6,14H2,1-2H3. The molecule has 2 aromatic heterocycles. The van der Waals surface area contributed by atoms with Crippen LogP contribution in [0.1, 0.15) is 29.1 Å². The highest BCUT2D eigenvalue weighted by atomic mass is 32.1. The summed E-state index contributed by atoms with van der Waals surface area (Å²) in [5.74, 6) is 0.467. The molecule has 0 aliphatic heterocycles. The summed E-state index contributed by atoms with van der Waals surface area (Å²) in [4.78, 5) is 10.0. The van der Waals surface area contributed by atoms with Gasteiger partial charge in [-0.1, -0.05) is 6.92 Å². The van der Waals surface area contributed by atoms with Gasteiger partial charge in [0.1, 0.15) is 0 Å². The summed E-state index contributed by atoms with van der Waals surface area (Å²) in [5.41, 5.74) is 7.87. The quantitative estimate of drug-likeness (QED) is 0.903. The molecule has 0 amide bonds. The first kappa shape index (κ1) is 12.2. The number of thiazole rings is 1. The molecule has 2 N–H and O–H groups in total. The molecule has 1 unspecified atom stereocenters. The highest BCUT2D eigenvalue weighted by Crippen LogP contribution is 2.34. The van der Waals surface area contributed by atoms with E-state index < -0.39 is 0 Å². The fourth-order valence-electron chi connectivity index (χ4n) is 1.87. The van der Waals surface area contributed by atoms with Crippen molar-refractivity contribution in [2.24, 2.45) is 5.73 Å². The monoisotopic (exact) mass is 247 g/mol. The summed E-state index contributed by atoms with van der Waals surface area (Å²) in [6.45, 7) is 4.98. The summed E-state index contributed by atoms with van der Waals surface area (Å²) in [7, 11) is 0. The normalized spacial score (nSPS) is 12.6. The second-order valence-electron chi connectivity index (χ2n) is 4.16. The van der Waals surface area contributed by atoms with Crippen molar-refractivity contribution < 1.29 is 0 Å². The Labute approximate surface area is 106 Å². The lowest BCUT2D eigenvalue weighted by Gasteiger charge is -2.09. The van der Waals surface area contributed by atoms with Gasteiger partial charge in [-0.05, 0) is 37.9 Å². The summed E-state index contributed by atoms with van der Waals surface area (Å²) in [5, 5.41) is 1.11. The van der Waals surface area contributed by atoms with Crippen LogP contribution in [0.25, 0.3) is 11.3 Å². The van der Waals surface area contributed by atoms with E-state index >= 15 is 0 Å². The van der Waals surface area contributed by atoms with Crippen molar-refractivity contribution in [3.8, 4) is 11.3 Å². The predicted molar refractivity (Wildman–Crippen MR) is 72.2 cm³/mol. The van der Waals surface area contributed by atoms with E-state index in [9.17, 15) is 0 Å². The van der Waals surface area contributed by atoms with E-state index in [0.717, 1.165) is 22.7 Å². The smallest absolute Gasteiger partial charge is 0.0904 e. The molecular weight excluding hydrogens is 230 g/mol. The Morgan fingerprint density at radius 2 is 2.06 bits per heavy atom. The van der Waals surface area contributed by atoms with Gasteiger partial charge in [0, 0.05) is 22.8 Å². The van der Waals surface area contributed by atoms with Gasteiger partial charge in [0.25, 0.3) is 0 Å². The maximum absolute atomic E-state index is 5.64. The molecule has 2 aromatic rings. The lowest BCUT2D eigenvalue weighted by molar-refractivity contribution is 0.701. The Hall–Kier alpha value is -1.26. The summed E-state index contributed by atoms with van der Waals surface area (Å²) in [6, 6.07) is 4.01. The minimum absolute atomic E-state index is 0.467. The first-order valence-electron chi connectivity index (χ1n) is 5.80. The number of hydrogen-bond donors (Lipinski definition) is 1. The van der Waals surface area contributed by atoms with Gasteiger partial charge in [0.15, 0.2) is 0 Å². The third-order valence-electron chi connectivity index (χ3n) is 2.76. The fraction of sp³-hybridized carbons (Fsp3) is 0.385. The molecule has 90 valence electrons. The summed E-state index contributed by atoms with van der Waals surface area (Å²) >= 11 is 1.77. The largest absolute Gasteiger partial charge is 0.330 e. The number of aryl methyl sites for hydroxylation is 1.